The van der Waals surface area contributed by atoms with Crippen LogP contribution in [0.4, 0.5) is 0 Å². The molecule has 134 valence electrons. The molecule has 1 atom stereocenters. The van der Waals surface area contributed by atoms with Crippen LogP contribution in [0, 0.1) is 5.92 Å². The number of amides is 1. The van der Waals surface area contributed by atoms with Crippen molar-refractivity contribution in [3.8, 4) is 0 Å². The Balaban J connectivity index is 0.000000816. The minimum absolute atomic E-state index is 0.0587. The fourth-order valence-corrected chi connectivity index (χ4v) is 3.89. The average molecular weight is 349 g/mol. The molecule has 9 heteroatoms. The first kappa shape index (κ1) is 19.9. The first-order valence-electron chi connectivity index (χ1n) is 7.89. The molecule has 0 aromatic carbocycles. The van der Waals surface area contributed by atoms with E-state index in [1.165, 1.54) is 23.4 Å². The number of hydrogen-bond donors (Lipinski definition) is 2. The average Bonchev–Trinajstić information content (AvgIpc) is 2.98. The van der Waals surface area contributed by atoms with Crippen LogP contribution in [0.5, 0.6) is 0 Å². The molecule has 1 unspecified atom stereocenters. The van der Waals surface area contributed by atoms with Crippen molar-refractivity contribution in [2.24, 2.45) is 5.92 Å². The Morgan fingerprint density at radius 1 is 1.26 bits per heavy atom. The molecule has 0 radical (unpaired) electrons. The highest BCUT2D eigenvalue weighted by atomic mass is 32.2. The van der Waals surface area contributed by atoms with E-state index in [0.29, 0.717) is 26.2 Å². The Kier molecular flexibility index (Phi) is 8.49. The second kappa shape index (κ2) is 9.84. The first-order valence-corrected chi connectivity index (χ1v) is 9.73. The van der Waals surface area contributed by atoms with E-state index in [1.807, 2.05) is 0 Å². The van der Waals surface area contributed by atoms with E-state index in [0.717, 1.165) is 25.9 Å². The summed E-state index contributed by atoms with van der Waals surface area (Å²) in [4.78, 5) is 22.4. The largest absolute Gasteiger partial charge is 0.483 e. The number of sulfonamides is 1. The Bertz CT molecular complexity index is 477. The van der Waals surface area contributed by atoms with Gasteiger partial charge in [0.05, 0.1) is 12.8 Å². The van der Waals surface area contributed by atoms with Gasteiger partial charge in [0.1, 0.15) is 0 Å². The van der Waals surface area contributed by atoms with E-state index in [-0.39, 0.29) is 18.3 Å². The zero-order valence-corrected chi connectivity index (χ0v) is 14.4. The van der Waals surface area contributed by atoms with Gasteiger partial charge in [0.25, 0.3) is 6.47 Å². The minimum atomic E-state index is -3.10. The lowest BCUT2D eigenvalue weighted by Gasteiger charge is -2.31. The summed E-state index contributed by atoms with van der Waals surface area (Å²) in [5.41, 5.74) is 0. The van der Waals surface area contributed by atoms with Gasteiger partial charge in [0, 0.05) is 19.6 Å². The number of carbonyl (C=O) groups excluding carboxylic acids is 1. The highest BCUT2D eigenvalue weighted by Crippen LogP contribution is 2.17. The summed E-state index contributed by atoms with van der Waals surface area (Å²) in [7, 11) is -3.10. The van der Waals surface area contributed by atoms with Crippen LogP contribution in [-0.4, -0.2) is 80.6 Å². The van der Waals surface area contributed by atoms with Gasteiger partial charge in [0.15, 0.2) is 0 Å². The number of piperidine rings is 1. The molecule has 2 saturated heterocycles. The predicted octanol–water partition coefficient (Wildman–Crippen LogP) is -0.429. The second-order valence-corrected chi connectivity index (χ2v) is 8.00. The predicted molar refractivity (Wildman–Crippen MR) is 86.5 cm³/mol. The number of carboxylic acid groups (broad SMARTS) is 1. The van der Waals surface area contributed by atoms with Crippen molar-refractivity contribution in [3.63, 3.8) is 0 Å². The van der Waals surface area contributed by atoms with E-state index < -0.39 is 10.0 Å². The number of nitrogens with zero attached hydrogens (tertiary/aromatic N) is 2. The van der Waals surface area contributed by atoms with Gasteiger partial charge in [-0.15, -0.1) is 0 Å². The fraction of sp³-hybridized carbons (Fsp3) is 0.857. The van der Waals surface area contributed by atoms with Crippen molar-refractivity contribution in [1.29, 1.82) is 0 Å². The van der Waals surface area contributed by atoms with Crippen LogP contribution >= 0.6 is 0 Å². The molecule has 1 amide bonds. The summed E-state index contributed by atoms with van der Waals surface area (Å²) in [6, 6.07) is 0. The Morgan fingerprint density at radius 3 is 2.43 bits per heavy atom. The van der Waals surface area contributed by atoms with Crippen molar-refractivity contribution < 1.29 is 23.1 Å². The molecule has 2 N–H and O–H groups in total. The van der Waals surface area contributed by atoms with Gasteiger partial charge in [-0.1, -0.05) is 0 Å². The Hall–Kier alpha value is -1.19. The summed E-state index contributed by atoms with van der Waals surface area (Å²) in [5.74, 6) is 0.296. The summed E-state index contributed by atoms with van der Waals surface area (Å²) < 4.78 is 24.6. The zero-order valence-electron chi connectivity index (χ0n) is 13.6. The Labute approximate surface area is 137 Å². The van der Waals surface area contributed by atoms with Crippen LogP contribution in [0.3, 0.4) is 0 Å². The van der Waals surface area contributed by atoms with Crippen LogP contribution in [0.25, 0.3) is 0 Å². The molecule has 2 aliphatic rings. The van der Waals surface area contributed by atoms with E-state index in [9.17, 15) is 13.2 Å². The number of nitrogens with one attached hydrogen (secondary N) is 1. The van der Waals surface area contributed by atoms with Gasteiger partial charge in [0.2, 0.25) is 15.9 Å². The summed E-state index contributed by atoms with van der Waals surface area (Å²) in [6.45, 7) is 3.97. The molecule has 0 aromatic rings. The van der Waals surface area contributed by atoms with E-state index in [1.54, 1.807) is 0 Å². The van der Waals surface area contributed by atoms with Crippen molar-refractivity contribution in [3.05, 3.63) is 0 Å². The standard InChI is InChI=1S/C13H25N3O3S.CH2O2/c1-20(18,19)16-8-4-5-12(10-16)9-14-13(17)11-15-6-2-3-7-15;2-1-3/h12H,2-11H2,1H3,(H,14,17);1H,(H,2,3). The number of rotatable bonds is 5. The third kappa shape index (κ3) is 7.76. The lowest BCUT2D eigenvalue weighted by Crippen LogP contribution is -2.44. The molecule has 2 aliphatic heterocycles. The maximum atomic E-state index is 11.8. The quantitative estimate of drug-likeness (QED) is 0.652. The normalized spacial score (nSPS) is 22.9. The van der Waals surface area contributed by atoms with E-state index in [4.69, 9.17) is 9.90 Å². The smallest absolute Gasteiger partial charge is 0.290 e. The van der Waals surface area contributed by atoms with Gasteiger partial charge in [-0.3, -0.25) is 14.5 Å². The minimum Gasteiger partial charge on any atom is -0.483 e. The lowest BCUT2D eigenvalue weighted by molar-refractivity contribution is -0.123. The number of carbonyl (C=O) groups is 2. The highest BCUT2D eigenvalue weighted by molar-refractivity contribution is 7.88. The molecular weight excluding hydrogens is 322 g/mol. The van der Waals surface area contributed by atoms with Gasteiger partial charge >= 0.3 is 0 Å². The van der Waals surface area contributed by atoms with Crippen LogP contribution in [0.2, 0.25) is 0 Å². The third-order valence-corrected chi connectivity index (χ3v) is 5.37. The molecule has 2 fully saturated rings. The number of hydrogen-bond acceptors (Lipinski definition) is 5. The van der Waals surface area contributed by atoms with Gasteiger partial charge in [-0.2, -0.15) is 0 Å². The molecule has 0 saturated carbocycles. The van der Waals surface area contributed by atoms with Crippen molar-refractivity contribution in [1.82, 2.24) is 14.5 Å². The van der Waals surface area contributed by atoms with Crippen molar-refractivity contribution in [2.45, 2.75) is 25.7 Å². The molecule has 2 heterocycles. The molecule has 23 heavy (non-hydrogen) atoms. The highest BCUT2D eigenvalue weighted by Gasteiger charge is 2.26. The first-order chi connectivity index (χ1) is 10.9. The molecule has 0 aromatic heterocycles. The van der Waals surface area contributed by atoms with Crippen molar-refractivity contribution in [2.75, 3.05) is 45.5 Å². The SMILES string of the molecule is CS(=O)(=O)N1CCCC(CNC(=O)CN2CCCC2)C1.O=CO. The van der Waals surface area contributed by atoms with Crippen LogP contribution in [-0.2, 0) is 19.6 Å². The van der Waals surface area contributed by atoms with Crippen molar-refractivity contribution >= 4 is 22.4 Å². The van der Waals surface area contributed by atoms with Crippen LogP contribution < -0.4 is 5.32 Å². The summed E-state index contributed by atoms with van der Waals surface area (Å²) in [5, 5.41) is 9.84. The third-order valence-electron chi connectivity index (χ3n) is 4.10. The molecular formula is C14H27N3O5S. The monoisotopic (exact) mass is 349 g/mol. The van der Waals surface area contributed by atoms with Crippen LogP contribution in [0.1, 0.15) is 25.7 Å². The number of likely N-dealkylation sites (tertiary alicyclic amines) is 1. The van der Waals surface area contributed by atoms with Gasteiger partial charge < -0.3 is 10.4 Å². The molecule has 8 nitrogen and oxygen atoms in total. The lowest BCUT2D eigenvalue weighted by atomic mass is 10.00. The Morgan fingerprint density at radius 2 is 1.87 bits per heavy atom. The van der Waals surface area contributed by atoms with Gasteiger partial charge in [-0.25, -0.2) is 12.7 Å². The molecule has 0 spiro atoms. The molecule has 0 bridgehead atoms. The molecule has 0 aliphatic carbocycles. The second-order valence-electron chi connectivity index (χ2n) is 6.02. The topological polar surface area (TPSA) is 107 Å². The van der Waals surface area contributed by atoms with E-state index >= 15 is 0 Å². The molecule has 2 rings (SSSR count). The van der Waals surface area contributed by atoms with Crippen LogP contribution in [0.15, 0.2) is 0 Å². The summed E-state index contributed by atoms with van der Waals surface area (Å²) >= 11 is 0. The zero-order chi connectivity index (χ0) is 17.3. The fourth-order valence-electron chi connectivity index (χ4n) is 2.95. The van der Waals surface area contributed by atoms with E-state index in [2.05, 4.69) is 10.2 Å². The van der Waals surface area contributed by atoms with Gasteiger partial charge in [-0.05, 0) is 44.7 Å². The maximum Gasteiger partial charge on any atom is 0.290 e. The maximum absolute atomic E-state index is 11.8. The summed E-state index contributed by atoms with van der Waals surface area (Å²) in [6.07, 6.45) is 5.47.